The molecule has 7 nitrogen and oxygen atoms in total. The maximum atomic E-state index is 10.3. The molecule has 0 bridgehead atoms. The molecule has 25 heavy (non-hydrogen) atoms. The monoisotopic (exact) mass is 344 g/mol. The zero-order valence-corrected chi connectivity index (χ0v) is 14.8. The van der Waals surface area contributed by atoms with Gasteiger partial charge in [0.2, 0.25) is 0 Å². The molecule has 2 heterocycles. The van der Waals surface area contributed by atoms with Crippen LogP contribution in [-0.4, -0.2) is 58.7 Å². The van der Waals surface area contributed by atoms with Crippen LogP contribution >= 0.6 is 0 Å². The molecule has 0 aliphatic carbocycles. The van der Waals surface area contributed by atoms with Gasteiger partial charge < -0.3 is 24.5 Å². The molecule has 0 atom stereocenters. The lowest BCUT2D eigenvalue weighted by atomic mass is 10.2. The van der Waals surface area contributed by atoms with Gasteiger partial charge in [0.05, 0.1) is 36.4 Å². The van der Waals surface area contributed by atoms with E-state index < -0.39 is 0 Å². The fourth-order valence-corrected chi connectivity index (χ4v) is 2.88. The number of ether oxygens (including phenoxy) is 2. The number of H-pyrrole nitrogens is 1. The average Bonchev–Trinajstić information content (AvgIpc) is 3.10. The normalized spacial score (nSPS) is 15.0. The van der Waals surface area contributed by atoms with Crippen LogP contribution in [0.25, 0.3) is 16.6 Å². The van der Waals surface area contributed by atoms with E-state index in [9.17, 15) is 5.11 Å². The minimum absolute atomic E-state index is 0.167. The first kappa shape index (κ1) is 17.3. The van der Waals surface area contributed by atoms with Gasteiger partial charge in [-0.05, 0) is 32.4 Å². The van der Waals surface area contributed by atoms with Crippen molar-refractivity contribution in [1.82, 2.24) is 14.9 Å². The standard InChI is InChI=1S/C18H24N4O3/c1-11(2)25-8-4-7-22-10-15(23)16(17(22)19)18-20-13-6-5-12(24-3)9-14(13)21-18/h5-6,9,11,19,23H,4,7-8,10H2,1-3H3,(H,20,21). The van der Waals surface area contributed by atoms with Crippen molar-refractivity contribution in [2.75, 3.05) is 26.8 Å². The molecular formula is C18H24N4O3. The largest absolute Gasteiger partial charge is 0.510 e. The number of hydrogen-bond acceptors (Lipinski definition) is 5. The number of fused-ring (bicyclic) bond motifs is 1. The lowest BCUT2D eigenvalue weighted by Gasteiger charge is -2.18. The Balaban J connectivity index is 1.73. The van der Waals surface area contributed by atoms with Crippen LogP contribution in [0.3, 0.4) is 0 Å². The minimum Gasteiger partial charge on any atom is -0.510 e. The summed E-state index contributed by atoms with van der Waals surface area (Å²) >= 11 is 0. The third-order valence-electron chi connectivity index (χ3n) is 4.13. The number of hydrogen-bond donors (Lipinski definition) is 3. The highest BCUT2D eigenvalue weighted by Gasteiger charge is 2.30. The Morgan fingerprint density at radius 3 is 2.92 bits per heavy atom. The molecule has 0 fully saturated rings. The summed E-state index contributed by atoms with van der Waals surface area (Å²) in [4.78, 5) is 9.51. The molecule has 3 N–H and O–H groups in total. The van der Waals surface area contributed by atoms with Crippen molar-refractivity contribution in [3.05, 3.63) is 29.8 Å². The highest BCUT2D eigenvalue weighted by Crippen LogP contribution is 2.28. The molecule has 0 unspecified atom stereocenters. The highest BCUT2D eigenvalue weighted by molar-refractivity contribution is 6.23. The second-order valence-electron chi connectivity index (χ2n) is 6.33. The molecule has 0 amide bonds. The van der Waals surface area contributed by atoms with Gasteiger partial charge in [-0.15, -0.1) is 0 Å². The van der Waals surface area contributed by atoms with Gasteiger partial charge in [-0.25, -0.2) is 4.98 Å². The van der Waals surface area contributed by atoms with Gasteiger partial charge >= 0.3 is 0 Å². The molecule has 0 radical (unpaired) electrons. The SMILES string of the molecule is COc1ccc2nc(C3=C(O)CN(CCCOC(C)C)C3=N)[nH]c2c1. The summed E-state index contributed by atoms with van der Waals surface area (Å²) in [5, 5.41) is 18.7. The maximum Gasteiger partial charge on any atom is 0.145 e. The zero-order valence-electron chi connectivity index (χ0n) is 14.8. The van der Waals surface area contributed by atoms with Crippen LogP contribution in [0.4, 0.5) is 0 Å². The molecule has 1 aromatic heterocycles. The van der Waals surface area contributed by atoms with E-state index in [-0.39, 0.29) is 17.7 Å². The summed E-state index contributed by atoms with van der Waals surface area (Å²) < 4.78 is 10.7. The maximum absolute atomic E-state index is 10.3. The number of aliphatic hydroxyl groups is 1. The summed E-state index contributed by atoms with van der Waals surface area (Å²) in [6, 6.07) is 5.54. The molecule has 7 heteroatoms. The van der Waals surface area contributed by atoms with Gasteiger partial charge in [0.1, 0.15) is 23.2 Å². The summed E-state index contributed by atoms with van der Waals surface area (Å²) in [6.07, 6.45) is 1.01. The van der Waals surface area contributed by atoms with E-state index >= 15 is 0 Å². The van der Waals surface area contributed by atoms with Crippen LogP contribution in [0, 0.1) is 5.41 Å². The fourth-order valence-electron chi connectivity index (χ4n) is 2.88. The van der Waals surface area contributed by atoms with Gasteiger partial charge in [-0.3, -0.25) is 5.41 Å². The lowest BCUT2D eigenvalue weighted by Crippen LogP contribution is -2.28. The molecule has 3 rings (SSSR count). The smallest absolute Gasteiger partial charge is 0.145 e. The topological polar surface area (TPSA) is 94.5 Å². The third-order valence-corrected chi connectivity index (χ3v) is 4.13. The average molecular weight is 344 g/mol. The Morgan fingerprint density at radius 1 is 1.40 bits per heavy atom. The van der Waals surface area contributed by atoms with E-state index in [1.807, 2.05) is 36.9 Å². The minimum atomic E-state index is 0.167. The number of aromatic nitrogens is 2. The molecule has 1 aliphatic heterocycles. The number of rotatable bonds is 7. The quantitative estimate of drug-likeness (QED) is 0.671. The predicted octanol–water partition coefficient (Wildman–Crippen LogP) is 2.95. The third kappa shape index (κ3) is 3.61. The van der Waals surface area contributed by atoms with Crippen molar-refractivity contribution in [1.29, 1.82) is 5.41 Å². The van der Waals surface area contributed by atoms with Crippen LogP contribution in [0.2, 0.25) is 0 Å². The molecule has 1 aromatic carbocycles. The number of aliphatic hydroxyl groups excluding tert-OH is 1. The van der Waals surface area contributed by atoms with Gasteiger partial charge in [0.25, 0.3) is 0 Å². The molecule has 0 saturated carbocycles. The molecular weight excluding hydrogens is 320 g/mol. The van der Waals surface area contributed by atoms with Crippen molar-refractivity contribution in [2.45, 2.75) is 26.4 Å². The first-order chi connectivity index (χ1) is 12.0. The Morgan fingerprint density at radius 2 is 2.20 bits per heavy atom. The predicted molar refractivity (Wildman–Crippen MR) is 97.2 cm³/mol. The van der Waals surface area contributed by atoms with E-state index in [2.05, 4.69) is 9.97 Å². The van der Waals surface area contributed by atoms with Crippen LogP contribution in [0.15, 0.2) is 24.0 Å². The summed E-state index contributed by atoms with van der Waals surface area (Å²) in [6.45, 7) is 5.63. The van der Waals surface area contributed by atoms with E-state index in [1.54, 1.807) is 7.11 Å². The van der Waals surface area contributed by atoms with Crippen molar-refractivity contribution in [2.24, 2.45) is 0 Å². The van der Waals surface area contributed by atoms with Crippen molar-refractivity contribution >= 4 is 22.4 Å². The van der Waals surface area contributed by atoms with Gasteiger partial charge in [-0.2, -0.15) is 0 Å². The van der Waals surface area contributed by atoms with Crippen molar-refractivity contribution in [3.63, 3.8) is 0 Å². The number of nitrogens with zero attached hydrogens (tertiary/aromatic N) is 2. The number of methoxy groups -OCH3 is 1. The molecule has 0 spiro atoms. The Bertz CT molecular complexity index is 810. The van der Waals surface area contributed by atoms with E-state index in [0.29, 0.717) is 31.1 Å². The van der Waals surface area contributed by atoms with Gasteiger partial charge in [0, 0.05) is 19.2 Å². The fraction of sp³-hybridized carbons (Fsp3) is 0.444. The summed E-state index contributed by atoms with van der Waals surface area (Å²) in [5.41, 5.74) is 2.04. The van der Waals surface area contributed by atoms with Gasteiger partial charge in [-0.1, -0.05) is 0 Å². The zero-order chi connectivity index (χ0) is 18.0. The number of amidine groups is 1. The van der Waals surface area contributed by atoms with Crippen LogP contribution < -0.4 is 4.74 Å². The van der Waals surface area contributed by atoms with Crippen molar-refractivity contribution in [3.8, 4) is 5.75 Å². The molecule has 0 saturated heterocycles. The van der Waals surface area contributed by atoms with E-state index in [4.69, 9.17) is 14.9 Å². The highest BCUT2D eigenvalue weighted by atomic mass is 16.5. The van der Waals surface area contributed by atoms with Gasteiger partial charge in [0.15, 0.2) is 0 Å². The lowest BCUT2D eigenvalue weighted by molar-refractivity contribution is 0.0742. The second-order valence-corrected chi connectivity index (χ2v) is 6.33. The molecule has 134 valence electrons. The van der Waals surface area contributed by atoms with Crippen LogP contribution in [0.1, 0.15) is 26.1 Å². The van der Waals surface area contributed by atoms with E-state index in [1.165, 1.54) is 0 Å². The Kier molecular flexibility index (Phi) is 4.94. The van der Waals surface area contributed by atoms with Crippen LogP contribution in [0.5, 0.6) is 5.75 Å². The number of benzene rings is 1. The number of aromatic amines is 1. The number of imidazole rings is 1. The van der Waals surface area contributed by atoms with Crippen molar-refractivity contribution < 1.29 is 14.6 Å². The first-order valence-electron chi connectivity index (χ1n) is 8.41. The van der Waals surface area contributed by atoms with E-state index in [0.717, 1.165) is 23.2 Å². The Hall–Kier alpha value is -2.54. The Labute approximate surface area is 146 Å². The second kappa shape index (κ2) is 7.14. The molecule has 1 aliphatic rings. The first-order valence-corrected chi connectivity index (χ1v) is 8.41. The summed E-state index contributed by atoms with van der Waals surface area (Å²) in [7, 11) is 1.61. The molecule has 2 aromatic rings. The summed E-state index contributed by atoms with van der Waals surface area (Å²) in [5.74, 6) is 1.69. The van der Waals surface area contributed by atoms with Crippen LogP contribution in [-0.2, 0) is 4.74 Å². The number of nitrogens with one attached hydrogen (secondary N) is 2.